The molecule has 0 saturated carbocycles. The van der Waals surface area contributed by atoms with Gasteiger partial charge in [0.25, 0.3) is 10.1 Å². The van der Waals surface area contributed by atoms with Gasteiger partial charge in [-0.2, -0.15) is 8.42 Å². The molecule has 0 spiro atoms. The molecule has 10 nitrogen and oxygen atoms in total. The quantitative estimate of drug-likeness (QED) is 0.627. The highest BCUT2D eigenvalue weighted by atomic mass is 32.2. The van der Waals surface area contributed by atoms with Gasteiger partial charge in [-0.05, 0) is 32.8 Å². The van der Waals surface area contributed by atoms with Crippen molar-refractivity contribution in [2.75, 3.05) is 19.4 Å². The van der Waals surface area contributed by atoms with E-state index in [2.05, 4.69) is 5.32 Å². The summed E-state index contributed by atoms with van der Waals surface area (Å²) in [6.45, 7) is 5.39. The second-order valence-electron chi connectivity index (χ2n) is 8.89. The third-order valence-electron chi connectivity index (χ3n) is 5.08. The summed E-state index contributed by atoms with van der Waals surface area (Å²) in [4.78, 5) is 26.8. The highest BCUT2D eigenvalue weighted by Crippen LogP contribution is 2.34. The van der Waals surface area contributed by atoms with Crippen molar-refractivity contribution in [3.05, 3.63) is 35.9 Å². The van der Waals surface area contributed by atoms with Crippen LogP contribution in [0.3, 0.4) is 0 Å². The summed E-state index contributed by atoms with van der Waals surface area (Å²) in [5.74, 6) is 0. The number of fused-ring (bicyclic) bond motifs is 1. The van der Waals surface area contributed by atoms with Gasteiger partial charge in [-0.1, -0.05) is 30.3 Å². The number of rotatable bonds is 6. The van der Waals surface area contributed by atoms with Crippen LogP contribution in [0.1, 0.15) is 32.8 Å². The van der Waals surface area contributed by atoms with Gasteiger partial charge in [-0.15, -0.1) is 0 Å². The van der Waals surface area contributed by atoms with Crippen LogP contribution in [0, 0.1) is 0 Å². The standard InChI is InChI=1S/C21H30N2O8S/c1-21(2,3)31-19(24)22-17-16(13-29-32(4,26)27)30-15-10-11-23(18(15)17)20(25)28-12-14-8-6-5-7-9-14/h5-9,15-18H,10-13H2,1-4H3,(H,22,24)/t15-,16-,17-,18-/m0/s1. The number of hydrogen-bond donors (Lipinski definition) is 1. The maximum absolute atomic E-state index is 12.8. The van der Waals surface area contributed by atoms with E-state index in [0.717, 1.165) is 11.8 Å². The smallest absolute Gasteiger partial charge is 0.410 e. The molecule has 2 saturated heterocycles. The first kappa shape index (κ1) is 24.3. The van der Waals surface area contributed by atoms with Gasteiger partial charge in [0.05, 0.1) is 31.1 Å². The Morgan fingerprint density at radius 1 is 1.22 bits per heavy atom. The van der Waals surface area contributed by atoms with Gasteiger partial charge in [0.15, 0.2) is 0 Å². The van der Waals surface area contributed by atoms with E-state index in [-0.39, 0.29) is 13.2 Å². The first-order chi connectivity index (χ1) is 14.9. The molecule has 0 aromatic heterocycles. The predicted molar refractivity (Wildman–Crippen MR) is 114 cm³/mol. The molecule has 0 aliphatic carbocycles. The van der Waals surface area contributed by atoms with E-state index in [1.165, 1.54) is 4.90 Å². The molecule has 1 aromatic rings. The number of alkyl carbamates (subject to hydrolysis) is 1. The summed E-state index contributed by atoms with van der Waals surface area (Å²) in [5, 5.41) is 2.74. The molecule has 0 unspecified atom stereocenters. The van der Waals surface area contributed by atoms with Crippen molar-refractivity contribution in [2.24, 2.45) is 0 Å². The van der Waals surface area contributed by atoms with Gasteiger partial charge in [0, 0.05) is 6.54 Å². The topological polar surface area (TPSA) is 120 Å². The molecule has 2 amide bonds. The second kappa shape index (κ2) is 9.63. The van der Waals surface area contributed by atoms with Crippen LogP contribution in [-0.4, -0.2) is 74.8 Å². The summed E-state index contributed by atoms with van der Waals surface area (Å²) in [7, 11) is -3.71. The Hall–Kier alpha value is -2.37. The van der Waals surface area contributed by atoms with E-state index in [9.17, 15) is 18.0 Å². The number of likely N-dealkylation sites (tertiary alicyclic amines) is 1. The van der Waals surface area contributed by atoms with Crippen LogP contribution in [0.25, 0.3) is 0 Å². The second-order valence-corrected chi connectivity index (χ2v) is 10.5. The highest BCUT2D eigenvalue weighted by molar-refractivity contribution is 7.85. The SMILES string of the molecule is CC(C)(C)OC(=O)N[C@@H]1[C@@H]2[C@H](CCN2C(=O)OCc2ccccc2)O[C@H]1COS(C)(=O)=O. The fraction of sp³-hybridized carbons (Fsp3) is 0.619. The van der Waals surface area contributed by atoms with Crippen LogP contribution < -0.4 is 5.32 Å². The van der Waals surface area contributed by atoms with Crippen molar-refractivity contribution in [1.29, 1.82) is 0 Å². The summed E-state index contributed by atoms with van der Waals surface area (Å²) in [5.41, 5.74) is 0.119. The van der Waals surface area contributed by atoms with Gasteiger partial charge in [0.1, 0.15) is 18.3 Å². The Balaban J connectivity index is 1.72. The molecule has 11 heteroatoms. The Labute approximate surface area is 188 Å². The third kappa shape index (κ3) is 6.57. The monoisotopic (exact) mass is 470 g/mol. The minimum atomic E-state index is -3.71. The van der Waals surface area contributed by atoms with E-state index in [4.69, 9.17) is 18.4 Å². The molecule has 4 atom stereocenters. The molecule has 1 aromatic carbocycles. The molecule has 2 heterocycles. The lowest BCUT2D eigenvalue weighted by molar-refractivity contribution is 0.00982. The summed E-state index contributed by atoms with van der Waals surface area (Å²) < 4.78 is 44.6. The third-order valence-corrected chi connectivity index (χ3v) is 5.65. The lowest BCUT2D eigenvalue weighted by Gasteiger charge is -2.30. The Kier molecular flexibility index (Phi) is 7.31. The summed E-state index contributed by atoms with van der Waals surface area (Å²) >= 11 is 0. The van der Waals surface area contributed by atoms with Crippen molar-refractivity contribution in [3.8, 4) is 0 Å². The number of ether oxygens (including phenoxy) is 3. The molecule has 2 aliphatic rings. The molecule has 32 heavy (non-hydrogen) atoms. The van der Waals surface area contributed by atoms with E-state index < -0.39 is 52.2 Å². The molecule has 0 bridgehead atoms. The van der Waals surface area contributed by atoms with Crippen molar-refractivity contribution in [1.82, 2.24) is 10.2 Å². The van der Waals surface area contributed by atoms with Crippen LogP contribution in [-0.2, 0) is 35.1 Å². The van der Waals surface area contributed by atoms with E-state index >= 15 is 0 Å². The van der Waals surface area contributed by atoms with Crippen molar-refractivity contribution in [2.45, 2.75) is 63.7 Å². The number of amides is 2. The van der Waals surface area contributed by atoms with E-state index in [1.807, 2.05) is 30.3 Å². The highest BCUT2D eigenvalue weighted by Gasteiger charge is 2.53. The van der Waals surface area contributed by atoms with Gasteiger partial charge in [-0.25, -0.2) is 9.59 Å². The number of carbonyl (C=O) groups is 2. The van der Waals surface area contributed by atoms with Crippen molar-refractivity contribution in [3.63, 3.8) is 0 Å². The van der Waals surface area contributed by atoms with Gasteiger partial charge in [-0.3, -0.25) is 4.18 Å². The van der Waals surface area contributed by atoms with E-state index in [0.29, 0.717) is 13.0 Å². The lowest BCUT2D eigenvalue weighted by Crippen LogP contribution is -2.55. The Morgan fingerprint density at radius 2 is 1.91 bits per heavy atom. The minimum absolute atomic E-state index is 0.110. The number of carbonyl (C=O) groups excluding carboxylic acids is 2. The number of nitrogens with zero attached hydrogens (tertiary/aromatic N) is 1. The molecular weight excluding hydrogens is 440 g/mol. The molecular formula is C21H30N2O8S. The minimum Gasteiger partial charge on any atom is -0.445 e. The van der Waals surface area contributed by atoms with Gasteiger partial charge in [0.2, 0.25) is 0 Å². The average molecular weight is 471 g/mol. The van der Waals surface area contributed by atoms with Crippen molar-refractivity contribution < 1.29 is 36.4 Å². The molecule has 3 rings (SSSR count). The largest absolute Gasteiger partial charge is 0.445 e. The van der Waals surface area contributed by atoms with Crippen molar-refractivity contribution >= 4 is 22.3 Å². The molecule has 1 N–H and O–H groups in total. The first-order valence-corrected chi connectivity index (χ1v) is 12.2. The van der Waals surface area contributed by atoms with Crippen LogP contribution >= 0.6 is 0 Å². The van der Waals surface area contributed by atoms with Gasteiger partial charge >= 0.3 is 12.2 Å². The summed E-state index contributed by atoms with van der Waals surface area (Å²) in [6.07, 6.45) is -0.949. The zero-order valence-electron chi connectivity index (χ0n) is 18.6. The van der Waals surface area contributed by atoms with E-state index in [1.54, 1.807) is 20.8 Å². The summed E-state index contributed by atoms with van der Waals surface area (Å²) in [6, 6.07) is 8.01. The van der Waals surface area contributed by atoms with Crippen LogP contribution in [0.2, 0.25) is 0 Å². The number of benzene rings is 1. The molecule has 0 radical (unpaired) electrons. The fourth-order valence-electron chi connectivity index (χ4n) is 3.86. The average Bonchev–Trinajstić information content (AvgIpc) is 3.23. The van der Waals surface area contributed by atoms with Crippen LogP contribution in [0.15, 0.2) is 30.3 Å². The Morgan fingerprint density at radius 3 is 2.53 bits per heavy atom. The first-order valence-electron chi connectivity index (χ1n) is 10.4. The fourth-order valence-corrected chi connectivity index (χ4v) is 4.24. The molecule has 2 fully saturated rings. The van der Waals surface area contributed by atoms with Crippen LogP contribution in [0.4, 0.5) is 9.59 Å². The lowest BCUT2D eigenvalue weighted by atomic mass is 10.0. The zero-order chi connectivity index (χ0) is 23.5. The van der Waals surface area contributed by atoms with Gasteiger partial charge < -0.3 is 24.4 Å². The molecule has 178 valence electrons. The zero-order valence-corrected chi connectivity index (χ0v) is 19.5. The number of nitrogens with one attached hydrogen (secondary N) is 1. The maximum atomic E-state index is 12.8. The Bertz CT molecular complexity index is 915. The molecule has 2 aliphatic heterocycles. The maximum Gasteiger partial charge on any atom is 0.410 e. The number of hydrogen-bond acceptors (Lipinski definition) is 8. The normalized spacial score (nSPS) is 25.3. The van der Waals surface area contributed by atoms with Crippen LogP contribution in [0.5, 0.6) is 0 Å². The predicted octanol–water partition coefficient (Wildman–Crippen LogP) is 2.03.